The average molecular weight is 528 g/mol. The number of hydrogen-bond donors (Lipinski definition) is 0. The highest BCUT2D eigenvalue weighted by Crippen LogP contribution is 2.35. The number of carbonyl (C=O) groups excluding carboxylic acids is 1. The highest BCUT2D eigenvalue weighted by Gasteiger charge is 2.32. The first kappa shape index (κ1) is 26.2. The summed E-state index contributed by atoms with van der Waals surface area (Å²) in [5.74, 6) is 0.0151. The van der Waals surface area contributed by atoms with Crippen LogP contribution in [-0.2, 0) is 4.79 Å². The summed E-state index contributed by atoms with van der Waals surface area (Å²) in [5.41, 5.74) is 7.71. The molecule has 2 fully saturated rings. The molecule has 1 aromatic heterocycles. The lowest BCUT2D eigenvalue weighted by Crippen LogP contribution is -2.29. The molecule has 2 aromatic carbocycles. The molecule has 6 nitrogen and oxygen atoms in total. The molecule has 0 bridgehead atoms. The number of rotatable bonds is 6. The minimum atomic E-state index is 0.0151. The zero-order valence-corrected chi connectivity index (χ0v) is 23.9. The molecule has 0 N–H and O–H groups in total. The molecule has 0 atom stereocenters. The molecule has 2 aliphatic heterocycles. The Kier molecular flexibility index (Phi) is 7.65. The second-order valence-corrected chi connectivity index (χ2v) is 11.2. The van der Waals surface area contributed by atoms with Crippen LogP contribution in [0.3, 0.4) is 0 Å². The van der Waals surface area contributed by atoms with E-state index in [9.17, 15) is 4.79 Å². The van der Waals surface area contributed by atoms with Gasteiger partial charge in [0.2, 0.25) is 0 Å². The van der Waals surface area contributed by atoms with Crippen LogP contribution in [0.5, 0.6) is 0 Å². The molecule has 0 radical (unpaired) electrons. The number of aromatic nitrogens is 1. The Balaban J connectivity index is 1.39. The molecule has 0 saturated carbocycles. The molecule has 0 unspecified atom stereocenters. The van der Waals surface area contributed by atoms with Gasteiger partial charge in [0.1, 0.15) is 0 Å². The maximum absolute atomic E-state index is 13.3. The predicted octanol–water partition coefficient (Wildman–Crippen LogP) is 6.77. The van der Waals surface area contributed by atoms with Crippen molar-refractivity contribution in [2.24, 2.45) is 4.99 Å². The van der Waals surface area contributed by atoms with E-state index in [2.05, 4.69) is 82.8 Å². The van der Waals surface area contributed by atoms with Gasteiger partial charge >= 0.3 is 0 Å². The molecule has 198 valence electrons. The van der Waals surface area contributed by atoms with Gasteiger partial charge in [-0.05, 0) is 118 Å². The Labute approximate surface area is 230 Å². The van der Waals surface area contributed by atoms with Crippen molar-refractivity contribution in [3.8, 4) is 5.69 Å². The van der Waals surface area contributed by atoms with Crippen molar-refractivity contribution in [2.75, 3.05) is 43.5 Å². The molecule has 5 rings (SSSR count). The summed E-state index contributed by atoms with van der Waals surface area (Å²) in [7, 11) is 4.09. The van der Waals surface area contributed by atoms with Gasteiger partial charge < -0.3 is 14.4 Å². The molecular formula is C31H37N5OS. The number of carbonyl (C=O) groups is 1. The van der Waals surface area contributed by atoms with E-state index in [-0.39, 0.29) is 5.91 Å². The van der Waals surface area contributed by atoms with Crippen molar-refractivity contribution in [3.63, 3.8) is 0 Å². The molecule has 0 aliphatic carbocycles. The standard InChI is InChI=1S/C31H37N5OS/c1-6-35-30(37)29(38-31(35)32-25-10-12-27(13-11-25)34-18-8-7-9-19-34)21-24-20-22(2)36(23(24)3)28-16-14-26(15-17-28)33(4)5/h10-17,20-21H,6-9,18-19H2,1-5H3/b29-21-,32-31?. The summed E-state index contributed by atoms with van der Waals surface area (Å²) < 4.78 is 2.24. The number of amides is 1. The number of piperidine rings is 1. The summed E-state index contributed by atoms with van der Waals surface area (Å²) in [4.78, 5) is 25.2. The average Bonchev–Trinajstić information content (AvgIpc) is 3.38. The first-order chi connectivity index (χ1) is 18.4. The van der Waals surface area contributed by atoms with Crippen LogP contribution in [0.15, 0.2) is 64.5 Å². The number of likely N-dealkylation sites (N-methyl/N-ethyl adjacent to an activating group) is 1. The second kappa shape index (κ2) is 11.1. The minimum Gasteiger partial charge on any atom is -0.378 e. The largest absolute Gasteiger partial charge is 0.378 e. The van der Waals surface area contributed by atoms with E-state index in [1.54, 1.807) is 4.90 Å². The van der Waals surface area contributed by atoms with Gasteiger partial charge in [-0.1, -0.05) is 0 Å². The maximum Gasteiger partial charge on any atom is 0.266 e. The van der Waals surface area contributed by atoms with Crippen LogP contribution in [0.4, 0.5) is 17.1 Å². The Morgan fingerprint density at radius 3 is 2.24 bits per heavy atom. The van der Waals surface area contributed by atoms with Crippen molar-refractivity contribution >= 4 is 46.0 Å². The lowest BCUT2D eigenvalue weighted by Gasteiger charge is -2.28. The summed E-state index contributed by atoms with van der Waals surface area (Å²) in [5, 5.41) is 0.738. The van der Waals surface area contributed by atoms with Gasteiger partial charge in [0.25, 0.3) is 5.91 Å². The van der Waals surface area contributed by atoms with Crippen LogP contribution in [0.2, 0.25) is 0 Å². The lowest BCUT2D eigenvalue weighted by atomic mass is 10.1. The predicted molar refractivity (Wildman–Crippen MR) is 162 cm³/mol. The first-order valence-electron chi connectivity index (χ1n) is 13.5. The van der Waals surface area contributed by atoms with Crippen LogP contribution in [-0.4, -0.2) is 54.3 Å². The van der Waals surface area contributed by atoms with Crippen LogP contribution in [0.25, 0.3) is 11.8 Å². The van der Waals surface area contributed by atoms with Gasteiger partial charge in [-0.3, -0.25) is 9.69 Å². The maximum atomic E-state index is 13.3. The van der Waals surface area contributed by atoms with E-state index >= 15 is 0 Å². The zero-order valence-electron chi connectivity index (χ0n) is 23.1. The fourth-order valence-electron chi connectivity index (χ4n) is 5.24. The molecule has 38 heavy (non-hydrogen) atoms. The van der Waals surface area contributed by atoms with Gasteiger partial charge in [0.15, 0.2) is 5.17 Å². The lowest BCUT2D eigenvalue weighted by molar-refractivity contribution is -0.122. The van der Waals surface area contributed by atoms with Crippen LogP contribution < -0.4 is 9.80 Å². The number of benzene rings is 2. The molecule has 1 amide bonds. The van der Waals surface area contributed by atoms with E-state index in [0.29, 0.717) is 11.4 Å². The van der Waals surface area contributed by atoms with Crippen LogP contribution >= 0.6 is 11.8 Å². The Morgan fingerprint density at radius 1 is 0.947 bits per heavy atom. The van der Waals surface area contributed by atoms with E-state index in [1.807, 2.05) is 27.1 Å². The van der Waals surface area contributed by atoms with Crippen molar-refractivity contribution < 1.29 is 4.79 Å². The third-order valence-corrected chi connectivity index (χ3v) is 8.39. The van der Waals surface area contributed by atoms with Crippen molar-refractivity contribution in [1.29, 1.82) is 0 Å². The number of anilines is 2. The van der Waals surface area contributed by atoms with Crippen molar-refractivity contribution in [3.05, 3.63) is 76.5 Å². The van der Waals surface area contributed by atoms with E-state index in [1.165, 1.54) is 42.4 Å². The fourth-order valence-corrected chi connectivity index (χ4v) is 6.30. The van der Waals surface area contributed by atoms with Crippen LogP contribution in [0.1, 0.15) is 43.1 Å². The third-order valence-electron chi connectivity index (χ3n) is 7.38. The summed E-state index contributed by atoms with van der Waals surface area (Å²) in [6, 6.07) is 19.1. The normalized spacial score (nSPS) is 18.2. The Morgan fingerprint density at radius 2 is 1.61 bits per heavy atom. The van der Waals surface area contributed by atoms with Gasteiger partial charge in [-0.2, -0.15) is 0 Å². The summed E-state index contributed by atoms with van der Waals surface area (Å²) in [6.45, 7) is 9.05. The number of hydrogen-bond acceptors (Lipinski definition) is 5. The van der Waals surface area contributed by atoms with Crippen molar-refractivity contribution in [1.82, 2.24) is 9.47 Å². The quantitative estimate of drug-likeness (QED) is 0.332. The number of amidine groups is 1. The highest BCUT2D eigenvalue weighted by atomic mass is 32.2. The molecule has 3 heterocycles. The van der Waals surface area contributed by atoms with Gasteiger partial charge in [-0.15, -0.1) is 0 Å². The summed E-state index contributed by atoms with van der Waals surface area (Å²) in [6.07, 6.45) is 5.86. The third kappa shape index (κ3) is 5.25. The Hall–Kier alpha value is -3.45. The zero-order chi connectivity index (χ0) is 26.8. The smallest absolute Gasteiger partial charge is 0.266 e. The monoisotopic (exact) mass is 527 g/mol. The number of aliphatic imine (C=N–C) groups is 1. The second-order valence-electron chi connectivity index (χ2n) is 10.2. The van der Waals surface area contributed by atoms with Gasteiger partial charge in [-0.25, -0.2) is 4.99 Å². The topological polar surface area (TPSA) is 44.1 Å². The number of aryl methyl sites for hydroxylation is 1. The van der Waals surface area contributed by atoms with E-state index in [4.69, 9.17) is 4.99 Å². The summed E-state index contributed by atoms with van der Waals surface area (Å²) >= 11 is 1.46. The minimum absolute atomic E-state index is 0.0151. The molecular weight excluding hydrogens is 490 g/mol. The first-order valence-corrected chi connectivity index (χ1v) is 14.3. The van der Waals surface area contributed by atoms with Gasteiger partial charge in [0, 0.05) is 62.2 Å². The van der Waals surface area contributed by atoms with Gasteiger partial charge in [0.05, 0.1) is 10.6 Å². The van der Waals surface area contributed by atoms with Crippen LogP contribution in [0, 0.1) is 13.8 Å². The fraction of sp³-hybridized carbons (Fsp3) is 0.355. The number of thioether (sulfide) groups is 1. The van der Waals surface area contributed by atoms with Crippen molar-refractivity contribution in [2.45, 2.75) is 40.0 Å². The van der Waals surface area contributed by atoms with E-state index < -0.39 is 0 Å². The SMILES string of the molecule is CCN1C(=O)/C(=C/c2cc(C)n(-c3ccc(N(C)C)cc3)c2C)SC1=Nc1ccc(N2CCCCC2)cc1. The molecule has 0 spiro atoms. The highest BCUT2D eigenvalue weighted by molar-refractivity contribution is 8.18. The molecule has 2 aliphatic rings. The molecule has 7 heteroatoms. The molecule has 3 aromatic rings. The number of nitrogens with zero attached hydrogens (tertiary/aromatic N) is 5. The Bertz CT molecular complexity index is 1360. The molecule has 2 saturated heterocycles. The van der Waals surface area contributed by atoms with E-state index in [0.717, 1.165) is 46.6 Å².